The molecule has 0 aliphatic carbocycles. The van der Waals surface area contributed by atoms with Gasteiger partial charge in [0.25, 0.3) is 5.91 Å². The molecule has 0 spiro atoms. The van der Waals surface area contributed by atoms with Gasteiger partial charge in [-0.1, -0.05) is 46.3 Å². The smallest absolute Gasteiger partial charge is 0.264 e. The molecule has 1 N–H and O–H groups in total. The first-order chi connectivity index (χ1) is 14.4. The van der Waals surface area contributed by atoms with Crippen LogP contribution in [0.1, 0.15) is 27.9 Å². The highest BCUT2D eigenvalue weighted by atomic mass is 79.9. The fourth-order valence-corrected chi connectivity index (χ4v) is 4.13. The maximum absolute atomic E-state index is 13.3. The Morgan fingerprint density at radius 3 is 2.43 bits per heavy atom. The summed E-state index contributed by atoms with van der Waals surface area (Å²) < 4.78 is 13.9. The fraction of sp³-hybridized carbons (Fsp3) is 0.167. The molecule has 0 aromatic heterocycles. The normalized spacial score (nSPS) is 17.8. The van der Waals surface area contributed by atoms with E-state index in [1.165, 1.54) is 29.2 Å². The SMILES string of the molecule is O=C(C[C@@]1(O)C(=O)N(CCc2ccccc2)c2ccc(Br)cc21)c1ccc(F)cc1. The Balaban J connectivity index is 1.64. The van der Waals surface area contributed by atoms with Crippen LogP contribution >= 0.6 is 15.9 Å². The average Bonchev–Trinajstić information content (AvgIpc) is 2.94. The summed E-state index contributed by atoms with van der Waals surface area (Å²) in [6.45, 7) is 0.379. The minimum Gasteiger partial charge on any atom is -0.375 e. The molecule has 0 fully saturated rings. The van der Waals surface area contributed by atoms with Gasteiger partial charge in [-0.25, -0.2) is 4.39 Å². The van der Waals surface area contributed by atoms with Crippen molar-refractivity contribution in [2.24, 2.45) is 0 Å². The summed E-state index contributed by atoms with van der Waals surface area (Å²) in [6.07, 6.45) is 0.201. The van der Waals surface area contributed by atoms with Gasteiger partial charge in [-0.05, 0) is 54.4 Å². The minimum absolute atomic E-state index is 0.247. The van der Waals surface area contributed by atoms with Gasteiger partial charge in [-0.2, -0.15) is 0 Å². The summed E-state index contributed by atoms with van der Waals surface area (Å²) in [5.74, 6) is -1.41. The highest BCUT2D eigenvalue weighted by Crippen LogP contribution is 2.44. The second kappa shape index (κ2) is 8.13. The highest BCUT2D eigenvalue weighted by Gasteiger charge is 2.50. The molecule has 1 aliphatic rings. The van der Waals surface area contributed by atoms with Crippen molar-refractivity contribution < 1.29 is 19.1 Å². The van der Waals surface area contributed by atoms with Gasteiger partial charge < -0.3 is 10.0 Å². The number of rotatable bonds is 6. The zero-order chi connectivity index (χ0) is 21.3. The summed E-state index contributed by atoms with van der Waals surface area (Å²) in [6, 6.07) is 20.1. The minimum atomic E-state index is -1.97. The number of nitrogens with zero attached hydrogens (tertiary/aromatic N) is 1. The van der Waals surface area contributed by atoms with Crippen LogP contribution < -0.4 is 4.90 Å². The molecule has 1 atom stereocenters. The number of ketones is 1. The van der Waals surface area contributed by atoms with E-state index in [4.69, 9.17) is 0 Å². The number of aliphatic hydroxyl groups is 1. The lowest BCUT2D eigenvalue weighted by atomic mass is 9.88. The summed E-state index contributed by atoms with van der Waals surface area (Å²) in [4.78, 5) is 27.6. The average molecular weight is 468 g/mol. The number of carbonyl (C=O) groups is 2. The maximum atomic E-state index is 13.3. The zero-order valence-corrected chi connectivity index (χ0v) is 17.6. The van der Waals surface area contributed by atoms with Gasteiger partial charge in [0.15, 0.2) is 11.4 Å². The van der Waals surface area contributed by atoms with E-state index in [-0.39, 0.29) is 5.56 Å². The van der Waals surface area contributed by atoms with Crippen LogP contribution in [0.15, 0.2) is 77.3 Å². The predicted molar refractivity (Wildman–Crippen MR) is 116 cm³/mol. The summed E-state index contributed by atoms with van der Waals surface area (Å²) in [5, 5.41) is 11.4. The first-order valence-electron chi connectivity index (χ1n) is 9.55. The standard InChI is InChI=1S/C24H19BrFNO3/c25-18-8-11-21-20(14-18)24(30,15-22(28)17-6-9-19(26)10-7-17)23(29)27(21)13-12-16-4-2-1-3-5-16/h1-11,14,30H,12-13,15H2/t24-/m0/s1. The van der Waals surface area contributed by atoms with E-state index in [0.717, 1.165) is 5.56 Å². The third-order valence-corrected chi connectivity index (χ3v) is 5.84. The topological polar surface area (TPSA) is 57.6 Å². The van der Waals surface area contributed by atoms with E-state index in [1.807, 2.05) is 30.3 Å². The summed E-state index contributed by atoms with van der Waals surface area (Å²) in [7, 11) is 0. The molecule has 4 rings (SSSR count). The van der Waals surface area contributed by atoms with Gasteiger partial charge >= 0.3 is 0 Å². The number of carbonyl (C=O) groups excluding carboxylic acids is 2. The van der Waals surface area contributed by atoms with Crippen molar-refractivity contribution in [3.8, 4) is 0 Å². The highest BCUT2D eigenvalue weighted by molar-refractivity contribution is 9.10. The fourth-order valence-electron chi connectivity index (χ4n) is 3.77. The van der Waals surface area contributed by atoms with Crippen LogP contribution in [0.2, 0.25) is 0 Å². The second-order valence-corrected chi connectivity index (χ2v) is 8.24. The van der Waals surface area contributed by atoms with Crippen molar-refractivity contribution in [3.63, 3.8) is 0 Å². The van der Waals surface area contributed by atoms with E-state index in [1.54, 1.807) is 18.2 Å². The summed E-state index contributed by atoms with van der Waals surface area (Å²) in [5.41, 5.74) is 0.332. The van der Waals surface area contributed by atoms with E-state index in [0.29, 0.717) is 28.7 Å². The molecule has 3 aromatic carbocycles. The lowest BCUT2D eigenvalue weighted by Crippen LogP contribution is -2.42. The molecule has 1 amide bonds. The number of Topliss-reactive ketones (excluding diaryl/α,β-unsaturated/α-hetero) is 1. The molecule has 0 saturated heterocycles. The Morgan fingerprint density at radius 2 is 1.73 bits per heavy atom. The lowest BCUT2D eigenvalue weighted by Gasteiger charge is -2.23. The Bertz CT molecular complexity index is 1100. The third-order valence-electron chi connectivity index (χ3n) is 5.34. The van der Waals surface area contributed by atoms with Crippen LogP contribution in [0, 0.1) is 5.82 Å². The lowest BCUT2D eigenvalue weighted by molar-refractivity contribution is -0.135. The number of hydrogen-bond acceptors (Lipinski definition) is 3. The first kappa shape index (κ1) is 20.4. The molecule has 1 heterocycles. The monoisotopic (exact) mass is 467 g/mol. The molecule has 0 unspecified atom stereocenters. The first-order valence-corrected chi connectivity index (χ1v) is 10.3. The third kappa shape index (κ3) is 3.80. The van der Waals surface area contributed by atoms with Crippen molar-refractivity contribution in [2.75, 3.05) is 11.4 Å². The van der Waals surface area contributed by atoms with Crippen LogP contribution in [0.25, 0.3) is 0 Å². The molecule has 0 bridgehead atoms. The van der Waals surface area contributed by atoms with Gasteiger partial charge in [0, 0.05) is 22.1 Å². The molecule has 0 radical (unpaired) electrons. The van der Waals surface area contributed by atoms with E-state index >= 15 is 0 Å². The summed E-state index contributed by atoms with van der Waals surface area (Å²) >= 11 is 3.38. The largest absolute Gasteiger partial charge is 0.375 e. The Labute approximate surface area is 182 Å². The van der Waals surface area contributed by atoms with Crippen molar-refractivity contribution >= 4 is 33.3 Å². The van der Waals surface area contributed by atoms with Crippen LogP contribution in [-0.2, 0) is 16.8 Å². The number of anilines is 1. The van der Waals surface area contributed by atoms with E-state index in [2.05, 4.69) is 15.9 Å². The van der Waals surface area contributed by atoms with Crippen LogP contribution in [0.5, 0.6) is 0 Å². The van der Waals surface area contributed by atoms with Gasteiger partial charge in [0.05, 0.1) is 12.1 Å². The molecule has 3 aromatic rings. The zero-order valence-electron chi connectivity index (χ0n) is 16.0. The van der Waals surface area contributed by atoms with E-state index < -0.39 is 29.5 Å². The maximum Gasteiger partial charge on any atom is 0.264 e. The number of hydrogen-bond donors (Lipinski definition) is 1. The Hall–Kier alpha value is -2.83. The molecular formula is C24H19BrFNO3. The molecule has 0 saturated carbocycles. The van der Waals surface area contributed by atoms with Crippen molar-refractivity contribution in [1.82, 2.24) is 0 Å². The molecule has 152 valence electrons. The number of halogens is 2. The number of benzene rings is 3. The predicted octanol–water partition coefficient (Wildman–Crippen LogP) is 4.64. The van der Waals surface area contributed by atoms with Crippen molar-refractivity contribution in [3.05, 3.63) is 99.8 Å². The van der Waals surface area contributed by atoms with Crippen molar-refractivity contribution in [2.45, 2.75) is 18.4 Å². The molecule has 4 nitrogen and oxygen atoms in total. The molecular weight excluding hydrogens is 449 g/mol. The number of fused-ring (bicyclic) bond motifs is 1. The van der Waals surface area contributed by atoms with Crippen LogP contribution in [0.3, 0.4) is 0 Å². The van der Waals surface area contributed by atoms with Crippen molar-refractivity contribution in [1.29, 1.82) is 0 Å². The van der Waals surface area contributed by atoms with Crippen LogP contribution in [-0.4, -0.2) is 23.3 Å². The van der Waals surface area contributed by atoms with Crippen LogP contribution in [0.4, 0.5) is 10.1 Å². The van der Waals surface area contributed by atoms with Gasteiger partial charge in [0.1, 0.15) is 5.82 Å². The van der Waals surface area contributed by atoms with E-state index in [9.17, 15) is 19.1 Å². The Kier molecular flexibility index (Phi) is 5.54. The molecule has 6 heteroatoms. The van der Waals surface area contributed by atoms with Gasteiger partial charge in [-0.15, -0.1) is 0 Å². The quantitative estimate of drug-likeness (QED) is 0.537. The second-order valence-electron chi connectivity index (χ2n) is 7.32. The molecule has 30 heavy (non-hydrogen) atoms. The van der Waals surface area contributed by atoms with Gasteiger partial charge in [-0.3, -0.25) is 9.59 Å². The Morgan fingerprint density at radius 1 is 1.03 bits per heavy atom. The van der Waals surface area contributed by atoms with Gasteiger partial charge in [0.2, 0.25) is 0 Å². The molecule has 1 aliphatic heterocycles. The number of amides is 1.